The van der Waals surface area contributed by atoms with Crippen LogP contribution < -0.4 is 10.0 Å². The summed E-state index contributed by atoms with van der Waals surface area (Å²) >= 11 is 1.50. The summed E-state index contributed by atoms with van der Waals surface area (Å²) in [6.45, 7) is 6.67. The van der Waals surface area contributed by atoms with Crippen LogP contribution in [0.1, 0.15) is 38.5 Å². The Labute approximate surface area is 119 Å². The smallest absolute Gasteiger partial charge is 0.241 e. The third-order valence-corrected chi connectivity index (χ3v) is 6.05. The molecule has 0 aliphatic heterocycles. The average molecular weight is 302 g/mol. The van der Waals surface area contributed by atoms with E-state index in [1.807, 2.05) is 20.8 Å². The Morgan fingerprint density at radius 2 is 2.05 bits per heavy atom. The third-order valence-electron chi connectivity index (χ3n) is 3.42. The largest absolute Gasteiger partial charge is 0.309 e. The number of sulfonamides is 1. The first-order valence-electron chi connectivity index (χ1n) is 6.71. The molecule has 1 saturated carbocycles. The Morgan fingerprint density at radius 1 is 1.37 bits per heavy atom. The van der Waals surface area contributed by atoms with Crippen LogP contribution in [0.4, 0.5) is 0 Å². The Morgan fingerprint density at radius 3 is 2.63 bits per heavy atom. The van der Waals surface area contributed by atoms with Gasteiger partial charge in [-0.3, -0.25) is 0 Å². The lowest BCUT2D eigenvalue weighted by molar-refractivity contribution is 0.476. The number of rotatable bonds is 7. The standard InChI is InChI=1S/C13H22N2O2S2/c1-9(2)10(3)15-19(16,17)13-6-12(18-8-13)7-14-11-4-5-11/h6,8-11,14-15H,4-5,7H2,1-3H3. The number of hydrogen-bond acceptors (Lipinski definition) is 4. The fourth-order valence-electron chi connectivity index (χ4n) is 1.58. The normalized spacial score (nSPS) is 17.9. The molecule has 4 nitrogen and oxygen atoms in total. The van der Waals surface area contributed by atoms with E-state index >= 15 is 0 Å². The van der Waals surface area contributed by atoms with Crippen molar-refractivity contribution in [3.8, 4) is 0 Å². The van der Waals surface area contributed by atoms with E-state index in [1.165, 1.54) is 24.2 Å². The van der Waals surface area contributed by atoms with E-state index in [-0.39, 0.29) is 12.0 Å². The topological polar surface area (TPSA) is 58.2 Å². The van der Waals surface area contributed by atoms with Crippen molar-refractivity contribution in [2.45, 2.75) is 57.1 Å². The van der Waals surface area contributed by atoms with E-state index in [9.17, 15) is 8.42 Å². The minimum atomic E-state index is -3.37. The van der Waals surface area contributed by atoms with E-state index in [2.05, 4.69) is 10.0 Å². The molecular formula is C13H22N2O2S2. The van der Waals surface area contributed by atoms with E-state index < -0.39 is 10.0 Å². The van der Waals surface area contributed by atoms with Crippen LogP contribution in [-0.4, -0.2) is 20.5 Å². The van der Waals surface area contributed by atoms with Gasteiger partial charge >= 0.3 is 0 Å². The van der Waals surface area contributed by atoms with Crippen molar-refractivity contribution >= 4 is 21.4 Å². The lowest BCUT2D eigenvalue weighted by Crippen LogP contribution is -2.35. The zero-order valence-corrected chi connectivity index (χ0v) is 13.3. The van der Waals surface area contributed by atoms with E-state index in [0.717, 1.165) is 11.4 Å². The minimum Gasteiger partial charge on any atom is -0.309 e. The molecule has 1 unspecified atom stereocenters. The minimum absolute atomic E-state index is 0.0575. The number of hydrogen-bond donors (Lipinski definition) is 2. The van der Waals surface area contributed by atoms with Gasteiger partial charge in [0.1, 0.15) is 0 Å². The SMILES string of the molecule is CC(C)C(C)NS(=O)(=O)c1csc(CNC2CC2)c1. The van der Waals surface area contributed by atoms with Gasteiger partial charge in [0.2, 0.25) is 10.0 Å². The molecule has 1 aliphatic rings. The van der Waals surface area contributed by atoms with Gasteiger partial charge in [0.05, 0.1) is 4.90 Å². The first-order valence-corrected chi connectivity index (χ1v) is 9.08. The maximum absolute atomic E-state index is 12.2. The molecule has 1 atom stereocenters. The van der Waals surface area contributed by atoms with Crippen LogP contribution in [0.3, 0.4) is 0 Å². The van der Waals surface area contributed by atoms with Crippen molar-refractivity contribution in [1.29, 1.82) is 0 Å². The van der Waals surface area contributed by atoms with Gasteiger partial charge < -0.3 is 5.32 Å². The van der Waals surface area contributed by atoms with Crippen LogP contribution in [0.2, 0.25) is 0 Å². The molecular weight excluding hydrogens is 280 g/mol. The molecule has 0 radical (unpaired) electrons. The van der Waals surface area contributed by atoms with Gasteiger partial charge in [-0.15, -0.1) is 11.3 Å². The van der Waals surface area contributed by atoms with Crippen LogP contribution in [0.25, 0.3) is 0 Å². The highest BCUT2D eigenvalue weighted by Gasteiger charge is 2.22. The highest BCUT2D eigenvalue weighted by Crippen LogP contribution is 2.23. The van der Waals surface area contributed by atoms with Crippen LogP contribution in [0, 0.1) is 5.92 Å². The quantitative estimate of drug-likeness (QED) is 0.812. The number of nitrogens with one attached hydrogen (secondary N) is 2. The summed E-state index contributed by atoms with van der Waals surface area (Å²) in [4.78, 5) is 1.46. The van der Waals surface area contributed by atoms with Gasteiger partial charge in [-0.25, -0.2) is 13.1 Å². The van der Waals surface area contributed by atoms with Crippen LogP contribution >= 0.6 is 11.3 Å². The molecule has 1 aliphatic carbocycles. The molecule has 0 spiro atoms. The summed E-state index contributed by atoms with van der Waals surface area (Å²) in [5.74, 6) is 0.282. The van der Waals surface area contributed by atoms with Crippen molar-refractivity contribution in [3.05, 3.63) is 16.3 Å². The third kappa shape index (κ3) is 4.27. The second-order valence-electron chi connectivity index (χ2n) is 5.56. The summed E-state index contributed by atoms with van der Waals surface area (Å²) < 4.78 is 27.1. The van der Waals surface area contributed by atoms with Gasteiger partial charge in [-0.2, -0.15) is 0 Å². The van der Waals surface area contributed by atoms with Crippen molar-refractivity contribution in [1.82, 2.24) is 10.0 Å². The highest BCUT2D eigenvalue weighted by atomic mass is 32.2. The van der Waals surface area contributed by atoms with Crippen molar-refractivity contribution < 1.29 is 8.42 Å². The van der Waals surface area contributed by atoms with E-state index in [4.69, 9.17) is 0 Å². The van der Waals surface area contributed by atoms with Crippen LogP contribution in [0.15, 0.2) is 16.3 Å². The summed E-state index contributed by atoms with van der Waals surface area (Å²) in [6, 6.07) is 2.36. The average Bonchev–Trinajstić information content (AvgIpc) is 3.02. The zero-order chi connectivity index (χ0) is 14.0. The Balaban J connectivity index is 1.99. The van der Waals surface area contributed by atoms with Gasteiger partial charge in [0.25, 0.3) is 0 Å². The van der Waals surface area contributed by atoms with E-state index in [0.29, 0.717) is 10.9 Å². The van der Waals surface area contributed by atoms with Gasteiger partial charge in [0.15, 0.2) is 0 Å². The first-order chi connectivity index (χ1) is 8.88. The first kappa shape index (κ1) is 15.0. The van der Waals surface area contributed by atoms with Gasteiger partial charge in [-0.05, 0) is 31.7 Å². The summed E-state index contributed by atoms with van der Waals surface area (Å²) in [5, 5.41) is 5.11. The second kappa shape index (κ2) is 5.91. The molecule has 1 fully saturated rings. The molecule has 0 amide bonds. The lowest BCUT2D eigenvalue weighted by Gasteiger charge is -2.16. The lowest BCUT2D eigenvalue weighted by atomic mass is 10.1. The molecule has 0 aromatic carbocycles. The molecule has 0 saturated heterocycles. The molecule has 1 aromatic rings. The second-order valence-corrected chi connectivity index (χ2v) is 8.27. The molecule has 2 N–H and O–H groups in total. The molecule has 1 aromatic heterocycles. The fraction of sp³-hybridized carbons (Fsp3) is 0.692. The predicted octanol–water partition coefficient (Wildman–Crippen LogP) is 2.32. The maximum Gasteiger partial charge on any atom is 0.241 e. The number of thiophene rings is 1. The molecule has 108 valence electrons. The van der Waals surface area contributed by atoms with Crippen molar-refractivity contribution in [2.75, 3.05) is 0 Å². The van der Waals surface area contributed by atoms with Crippen molar-refractivity contribution in [3.63, 3.8) is 0 Å². The Bertz CT molecular complexity index is 519. The molecule has 2 rings (SSSR count). The molecule has 19 heavy (non-hydrogen) atoms. The van der Waals surface area contributed by atoms with Crippen LogP contribution in [0.5, 0.6) is 0 Å². The van der Waals surface area contributed by atoms with Gasteiger partial charge in [-0.1, -0.05) is 13.8 Å². The summed E-state index contributed by atoms with van der Waals surface area (Å²) in [7, 11) is -3.37. The molecule has 0 bridgehead atoms. The molecule has 1 heterocycles. The van der Waals surface area contributed by atoms with Crippen LogP contribution in [-0.2, 0) is 16.6 Å². The Hall–Kier alpha value is -0.430. The summed E-state index contributed by atoms with van der Waals surface area (Å²) in [6.07, 6.45) is 2.48. The highest BCUT2D eigenvalue weighted by molar-refractivity contribution is 7.89. The fourth-order valence-corrected chi connectivity index (χ4v) is 4.19. The maximum atomic E-state index is 12.2. The monoisotopic (exact) mass is 302 g/mol. The predicted molar refractivity (Wildman–Crippen MR) is 78.8 cm³/mol. The van der Waals surface area contributed by atoms with Crippen molar-refractivity contribution in [2.24, 2.45) is 5.92 Å². The van der Waals surface area contributed by atoms with E-state index in [1.54, 1.807) is 11.4 Å². The van der Waals surface area contributed by atoms with Gasteiger partial charge in [0, 0.05) is 28.9 Å². The summed E-state index contributed by atoms with van der Waals surface area (Å²) in [5.41, 5.74) is 0. The molecule has 6 heteroatoms. The zero-order valence-electron chi connectivity index (χ0n) is 11.6. The Kier molecular flexibility index (Phi) is 4.66.